The van der Waals surface area contributed by atoms with Gasteiger partial charge in [0.25, 0.3) is 0 Å². The third-order valence-corrected chi connectivity index (χ3v) is 2.49. The van der Waals surface area contributed by atoms with Crippen LogP contribution in [-0.2, 0) is 0 Å². The van der Waals surface area contributed by atoms with Crippen molar-refractivity contribution in [1.82, 2.24) is 10.6 Å². The van der Waals surface area contributed by atoms with E-state index < -0.39 is 11.6 Å². The number of halogens is 2. The van der Waals surface area contributed by atoms with Crippen molar-refractivity contribution in [2.75, 3.05) is 19.8 Å². The number of hydrogen-bond donors (Lipinski definition) is 3. The van der Waals surface area contributed by atoms with Gasteiger partial charge in [0.05, 0.1) is 6.54 Å². The second-order valence-electron chi connectivity index (χ2n) is 4.24. The van der Waals surface area contributed by atoms with Crippen LogP contribution in [0.4, 0.5) is 13.6 Å². The second kappa shape index (κ2) is 8.31. The summed E-state index contributed by atoms with van der Waals surface area (Å²) in [5.41, 5.74) is 0. The molecule has 112 valence electrons. The number of nitrogens with one attached hydrogen (secondary N) is 2. The minimum Gasteiger partial charge on any atom is -0.492 e. The van der Waals surface area contributed by atoms with E-state index in [0.717, 1.165) is 12.1 Å². The van der Waals surface area contributed by atoms with Gasteiger partial charge < -0.3 is 20.5 Å². The maximum Gasteiger partial charge on any atom is 0.315 e. The van der Waals surface area contributed by atoms with Crippen LogP contribution in [-0.4, -0.2) is 36.9 Å². The molecule has 0 radical (unpaired) electrons. The predicted molar refractivity (Wildman–Crippen MR) is 69.6 cm³/mol. The molecule has 0 heterocycles. The van der Waals surface area contributed by atoms with Crippen molar-refractivity contribution in [2.24, 2.45) is 0 Å². The number of benzene rings is 1. The molecule has 0 unspecified atom stereocenters. The van der Waals surface area contributed by atoms with Gasteiger partial charge in [0, 0.05) is 18.7 Å². The Morgan fingerprint density at radius 1 is 1.40 bits per heavy atom. The standard InChI is InChI=1S/C13H18F2N2O3/c1-9(4-6-18)17-13(19)16-5-7-20-10-2-3-11(14)12(15)8-10/h2-3,8-9,18H,4-7H2,1H3,(H2,16,17,19)/t9-/m1/s1. The van der Waals surface area contributed by atoms with Gasteiger partial charge in [0.2, 0.25) is 0 Å². The molecule has 1 atom stereocenters. The Kier molecular flexibility index (Phi) is 6.72. The van der Waals surface area contributed by atoms with Crippen LogP contribution in [0.3, 0.4) is 0 Å². The Labute approximate surface area is 115 Å². The molecule has 0 aliphatic rings. The van der Waals surface area contributed by atoms with Gasteiger partial charge in [-0.3, -0.25) is 0 Å². The number of rotatable bonds is 7. The summed E-state index contributed by atoms with van der Waals surface area (Å²) in [5.74, 6) is -1.72. The van der Waals surface area contributed by atoms with E-state index in [-0.39, 0.29) is 37.6 Å². The first kappa shape index (κ1) is 16.2. The van der Waals surface area contributed by atoms with Crippen molar-refractivity contribution >= 4 is 6.03 Å². The molecule has 2 amide bonds. The molecule has 0 saturated heterocycles. The Bertz CT molecular complexity index is 444. The van der Waals surface area contributed by atoms with Gasteiger partial charge in [-0.05, 0) is 25.5 Å². The molecule has 0 bridgehead atoms. The number of ether oxygens (including phenoxy) is 1. The molecule has 0 spiro atoms. The zero-order valence-electron chi connectivity index (χ0n) is 11.2. The number of carbonyl (C=O) groups excluding carboxylic acids is 1. The van der Waals surface area contributed by atoms with Gasteiger partial charge in [-0.1, -0.05) is 0 Å². The van der Waals surface area contributed by atoms with Crippen LogP contribution in [0, 0.1) is 11.6 Å². The second-order valence-corrected chi connectivity index (χ2v) is 4.24. The van der Waals surface area contributed by atoms with Gasteiger partial charge in [-0.2, -0.15) is 0 Å². The van der Waals surface area contributed by atoms with Crippen molar-refractivity contribution in [2.45, 2.75) is 19.4 Å². The minimum absolute atomic E-state index is 0.000683. The average Bonchev–Trinajstić information content (AvgIpc) is 2.39. The molecule has 0 fully saturated rings. The van der Waals surface area contributed by atoms with Crippen LogP contribution in [0.25, 0.3) is 0 Å². The highest BCUT2D eigenvalue weighted by molar-refractivity contribution is 5.74. The van der Waals surface area contributed by atoms with Crippen LogP contribution in [0.1, 0.15) is 13.3 Å². The van der Waals surface area contributed by atoms with Crippen molar-refractivity contribution in [3.05, 3.63) is 29.8 Å². The molecule has 0 saturated carbocycles. The molecule has 5 nitrogen and oxygen atoms in total. The first-order valence-corrected chi connectivity index (χ1v) is 6.26. The van der Waals surface area contributed by atoms with E-state index in [1.165, 1.54) is 6.07 Å². The minimum atomic E-state index is -0.981. The normalized spacial score (nSPS) is 11.8. The van der Waals surface area contributed by atoms with Crippen LogP contribution >= 0.6 is 0 Å². The maximum atomic E-state index is 12.9. The van der Waals surface area contributed by atoms with E-state index >= 15 is 0 Å². The lowest BCUT2D eigenvalue weighted by Crippen LogP contribution is -2.42. The number of amides is 2. The molecule has 1 rings (SSSR count). The average molecular weight is 288 g/mol. The highest BCUT2D eigenvalue weighted by Gasteiger charge is 2.06. The fraction of sp³-hybridized carbons (Fsp3) is 0.462. The molecule has 0 aromatic heterocycles. The molecule has 0 aliphatic carbocycles. The van der Waals surface area contributed by atoms with E-state index in [1.54, 1.807) is 6.92 Å². The number of urea groups is 1. The van der Waals surface area contributed by atoms with Crippen LogP contribution < -0.4 is 15.4 Å². The van der Waals surface area contributed by atoms with E-state index in [1.807, 2.05) is 0 Å². The topological polar surface area (TPSA) is 70.6 Å². The third-order valence-electron chi connectivity index (χ3n) is 2.49. The van der Waals surface area contributed by atoms with E-state index in [9.17, 15) is 13.6 Å². The highest BCUT2D eigenvalue weighted by Crippen LogP contribution is 2.14. The molecule has 1 aromatic rings. The largest absolute Gasteiger partial charge is 0.492 e. The van der Waals surface area contributed by atoms with Crippen molar-refractivity contribution in [1.29, 1.82) is 0 Å². The molecular formula is C13H18F2N2O3. The monoisotopic (exact) mass is 288 g/mol. The molecule has 3 N–H and O–H groups in total. The molecule has 20 heavy (non-hydrogen) atoms. The number of hydrogen-bond acceptors (Lipinski definition) is 3. The lowest BCUT2D eigenvalue weighted by Gasteiger charge is -2.13. The van der Waals surface area contributed by atoms with Crippen molar-refractivity contribution in [3.8, 4) is 5.75 Å². The smallest absolute Gasteiger partial charge is 0.315 e. The highest BCUT2D eigenvalue weighted by atomic mass is 19.2. The molecular weight excluding hydrogens is 270 g/mol. The van der Waals surface area contributed by atoms with Crippen molar-refractivity contribution < 1.29 is 23.4 Å². The van der Waals surface area contributed by atoms with Crippen molar-refractivity contribution in [3.63, 3.8) is 0 Å². The Morgan fingerprint density at radius 3 is 2.80 bits per heavy atom. The summed E-state index contributed by atoms with van der Waals surface area (Å²) in [5, 5.41) is 13.8. The Balaban J connectivity index is 2.21. The first-order valence-electron chi connectivity index (χ1n) is 6.26. The molecule has 0 aliphatic heterocycles. The Morgan fingerprint density at radius 2 is 2.15 bits per heavy atom. The number of aliphatic hydroxyl groups is 1. The number of aliphatic hydroxyl groups excluding tert-OH is 1. The van der Waals surface area contributed by atoms with Crippen LogP contribution in [0.15, 0.2) is 18.2 Å². The van der Waals surface area contributed by atoms with Gasteiger partial charge in [0.1, 0.15) is 12.4 Å². The Hall–Kier alpha value is -1.89. The quantitative estimate of drug-likeness (QED) is 0.664. The van der Waals surface area contributed by atoms with E-state index in [4.69, 9.17) is 9.84 Å². The lowest BCUT2D eigenvalue weighted by molar-refractivity contribution is 0.227. The summed E-state index contributed by atoms with van der Waals surface area (Å²) in [7, 11) is 0. The van der Waals surface area contributed by atoms with Crippen LogP contribution in [0.2, 0.25) is 0 Å². The summed E-state index contributed by atoms with van der Waals surface area (Å²) < 4.78 is 30.7. The zero-order chi connectivity index (χ0) is 15.0. The van der Waals surface area contributed by atoms with Gasteiger partial charge in [-0.15, -0.1) is 0 Å². The lowest BCUT2D eigenvalue weighted by atomic mass is 10.2. The number of carbonyl (C=O) groups is 1. The fourth-order valence-corrected chi connectivity index (χ4v) is 1.44. The van der Waals surface area contributed by atoms with Gasteiger partial charge >= 0.3 is 6.03 Å². The fourth-order valence-electron chi connectivity index (χ4n) is 1.44. The summed E-state index contributed by atoms with van der Waals surface area (Å²) >= 11 is 0. The van der Waals surface area contributed by atoms with Crippen LogP contribution in [0.5, 0.6) is 5.75 Å². The summed E-state index contributed by atoms with van der Waals surface area (Å²) in [6.07, 6.45) is 0.471. The van der Waals surface area contributed by atoms with Gasteiger partial charge in [-0.25, -0.2) is 13.6 Å². The van der Waals surface area contributed by atoms with E-state index in [2.05, 4.69) is 10.6 Å². The molecule has 1 aromatic carbocycles. The SMILES string of the molecule is C[C@H](CCO)NC(=O)NCCOc1ccc(F)c(F)c1. The third kappa shape index (κ3) is 5.83. The maximum absolute atomic E-state index is 12.9. The molecule has 7 heteroatoms. The summed E-state index contributed by atoms with van der Waals surface area (Å²) in [4.78, 5) is 11.4. The van der Waals surface area contributed by atoms with E-state index in [0.29, 0.717) is 6.42 Å². The zero-order valence-corrected chi connectivity index (χ0v) is 11.2. The predicted octanol–water partition coefficient (Wildman–Crippen LogP) is 1.41. The van der Waals surface area contributed by atoms with Gasteiger partial charge in [0.15, 0.2) is 11.6 Å². The summed E-state index contributed by atoms with van der Waals surface area (Å²) in [6.45, 7) is 2.12. The first-order chi connectivity index (χ1) is 9.52. The summed E-state index contributed by atoms with van der Waals surface area (Å²) in [6, 6.07) is 2.72.